The molecule has 2 heterocycles. The Bertz CT molecular complexity index is 874. The van der Waals surface area contributed by atoms with Gasteiger partial charge in [-0.15, -0.1) is 0 Å². The van der Waals surface area contributed by atoms with Crippen molar-refractivity contribution >= 4 is 12.0 Å². The topological polar surface area (TPSA) is 69.0 Å². The number of benzene rings is 1. The molecule has 2 unspecified atom stereocenters. The highest BCUT2D eigenvalue weighted by atomic mass is 16.7. The van der Waals surface area contributed by atoms with E-state index in [4.69, 9.17) is 14.2 Å². The molecule has 1 saturated heterocycles. The molecule has 1 aromatic carbocycles. The van der Waals surface area contributed by atoms with Gasteiger partial charge in [0.05, 0.1) is 19.8 Å². The molecule has 172 valence electrons. The van der Waals surface area contributed by atoms with Crippen molar-refractivity contribution in [3.05, 3.63) is 66.0 Å². The zero-order valence-electron chi connectivity index (χ0n) is 18.9. The molecule has 7 heteroatoms. The van der Waals surface area contributed by atoms with Gasteiger partial charge in [0.1, 0.15) is 13.1 Å². The van der Waals surface area contributed by atoms with E-state index in [0.717, 1.165) is 30.0 Å². The van der Waals surface area contributed by atoms with Crippen LogP contribution in [-0.4, -0.2) is 43.0 Å². The van der Waals surface area contributed by atoms with E-state index in [-0.39, 0.29) is 31.3 Å². The average molecular weight is 442 g/mol. The Kier molecular flexibility index (Phi) is 9.19. The van der Waals surface area contributed by atoms with Crippen molar-refractivity contribution < 1.29 is 28.4 Å². The first kappa shape index (κ1) is 23.9. The fourth-order valence-corrected chi connectivity index (χ4v) is 3.72. The van der Waals surface area contributed by atoms with E-state index in [1.54, 1.807) is 0 Å². The maximum absolute atomic E-state index is 12.6. The number of rotatable bonds is 10. The maximum Gasteiger partial charge on any atom is 0.417 e. The predicted octanol–water partition coefficient (Wildman–Crippen LogP) is 3.49. The SMILES string of the molecule is CC[n+]1ccccc1CN(C(C)=O)C(=O)OCC1COC(OCCCc2ccccc2)C1. The molecule has 1 fully saturated rings. The minimum atomic E-state index is -0.628. The van der Waals surface area contributed by atoms with Gasteiger partial charge in [-0.05, 0) is 25.3 Å². The molecule has 0 aliphatic carbocycles. The number of carbonyl (C=O) groups is 2. The van der Waals surface area contributed by atoms with E-state index in [0.29, 0.717) is 19.6 Å². The molecule has 1 aliphatic rings. The number of aromatic nitrogens is 1. The van der Waals surface area contributed by atoms with Gasteiger partial charge in [0.15, 0.2) is 12.5 Å². The number of aryl methyl sites for hydroxylation is 2. The highest BCUT2D eigenvalue weighted by Crippen LogP contribution is 2.21. The third-order valence-corrected chi connectivity index (χ3v) is 5.54. The molecule has 0 spiro atoms. The second-order valence-corrected chi connectivity index (χ2v) is 7.98. The monoisotopic (exact) mass is 441 g/mol. The van der Waals surface area contributed by atoms with Crippen LogP contribution in [0.5, 0.6) is 0 Å². The fourth-order valence-electron chi connectivity index (χ4n) is 3.72. The molecule has 1 aromatic heterocycles. The number of amides is 2. The highest BCUT2D eigenvalue weighted by molar-refractivity contribution is 5.90. The molecule has 2 atom stereocenters. The van der Waals surface area contributed by atoms with E-state index in [1.165, 1.54) is 12.5 Å². The van der Waals surface area contributed by atoms with E-state index in [2.05, 4.69) is 12.1 Å². The Morgan fingerprint density at radius 1 is 1.16 bits per heavy atom. The van der Waals surface area contributed by atoms with Crippen molar-refractivity contribution in [1.29, 1.82) is 0 Å². The zero-order chi connectivity index (χ0) is 22.8. The summed E-state index contributed by atoms with van der Waals surface area (Å²) in [5, 5.41) is 0. The van der Waals surface area contributed by atoms with E-state index in [9.17, 15) is 9.59 Å². The zero-order valence-corrected chi connectivity index (χ0v) is 18.9. The normalized spacial score (nSPS) is 17.8. The van der Waals surface area contributed by atoms with Crippen LogP contribution in [0.25, 0.3) is 0 Å². The van der Waals surface area contributed by atoms with Gasteiger partial charge in [0, 0.05) is 31.4 Å². The molecular formula is C25H33N2O5+. The number of imide groups is 1. The summed E-state index contributed by atoms with van der Waals surface area (Å²) < 4.78 is 19.0. The fraction of sp³-hybridized carbons (Fsp3) is 0.480. The lowest BCUT2D eigenvalue weighted by atomic mass is 10.1. The van der Waals surface area contributed by atoms with E-state index < -0.39 is 6.09 Å². The highest BCUT2D eigenvalue weighted by Gasteiger charge is 2.29. The number of hydrogen-bond donors (Lipinski definition) is 0. The smallest absolute Gasteiger partial charge is 0.417 e. The van der Waals surface area contributed by atoms with Crippen LogP contribution in [-0.2, 0) is 38.5 Å². The number of carbonyl (C=O) groups excluding carboxylic acids is 2. The van der Waals surface area contributed by atoms with Gasteiger partial charge in [-0.2, -0.15) is 0 Å². The maximum atomic E-state index is 12.6. The average Bonchev–Trinajstić information content (AvgIpc) is 3.27. The summed E-state index contributed by atoms with van der Waals surface area (Å²) in [4.78, 5) is 25.8. The van der Waals surface area contributed by atoms with Crippen LogP contribution in [0.2, 0.25) is 0 Å². The molecule has 2 aromatic rings. The van der Waals surface area contributed by atoms with Gasteiger partial charge in [-0.3, -0.25) is 4.79 Å². The predicted molar refractivity (Wildman–Crippen MR) is 118 cm³/mol. The number of nitrogens with zero attached hydrogens (tertiary/aromatic N) is 2. The Hall–Kier alpha value is -2.77. The Morgan fingerprint density at radius 2 is 1.94 bits per heavy atom. The standard InChI is InChI=1S/C25H33N2O5/c1-3-26-14-8-7-13-23(26)17-27(20(2)28)25(29)32-19-22-16-24(31-18-22)30-15-9-12-21-10-5-4-6-11-21/h4-8,10-11,13-14,22,24H,3,9,12,15-19H2,1-2H3/q+1. The summed E-state index contributed by atoms with van der Waals surface area (Å²) in [7, 11) is 0. The first-order valence-electron chi connectivity index (χ1n) is 11.3. The van der Waals surface area contributed by atoms with E-state index in [1.807, 2.05) is 54.1 Å². The molecule has 0 bridgehead atoms. The summed E-state index contributed by atoms with van der Waals surface area (Å²) >= 11 is 0. The summed E-state index contributed by atoms with van der Waals surface area (Å²) in [6, 6.07) is 16.0. The molecule has 2 amide bonds. The van der Waals surface area contributed by atoms with Crippen LogP contribution in [0.15, 0.2) is 54.7 Å². The second-order valence-electron chi connectivity index (χ2n) is 7.98. The molecule has 7 nitrogen and oxygen atoms in total. The lowest BCUT2D eigenvalue weighted by Gasteiger charge is -2.19. The first-order valence-corrected chi connectivity index (χ1v) is 11.3. The van der Waals surface area contributed by atoms with Crippen LogP contribution >= 0.6 is 0 Å². The number of hydrogen-bond acceptors (Lipinski definition) is 5. The van der Waals surface area contributed by atoms with Crippen molar-refractivity contribution in [2.24, 2.45) is 5.92 Å². The molecule has 0 N–H and O–H groups in total. The van der Waals surface area contributed by atoms with Gasteiger partial charge < -0.3 is 14.2 Å². The lowest BCUT2D eigenvalue weighted by Crippen LogP contribution is -2.43. The molecule has 1 aliphatic heterocycles. The minimum absolute atomic E-state index is 0.0594. The summed E-state index contributed by atoms with van der Waals surface area (Å²) in [6.45, 7) is 5.62. The van der Waals surface area contributed by atoms with Gasteiger partial charge in [0.2, 0.25) is 11.6 Å². The molecule has 0 saturated carbocycles. The van der Waals surface area contributed by atoms with Crippen LogP contribution in [0.4, 0.5) is 4.79 Å². The van der Waals surface area contributed by atoms with Crippen molar-refractivity contribution in [3.8, 4) is 0 Å². The van der Waals surface area contributed by atoms with Gasteiger partial charge in [-0.1, -0.05) is 36.4 Å². The van der Waals surface area contributed by atoms with Crippen LogP contribution in [0, 0.1) is 5.92 Å². The first-order chi connectivity index (χ1) is 15.6. The third-order valence-electron chi connectivity index (χ3n) is 5.54. The number of ether oxygens (including phenoxy) is 3. The Morgan fingerprint density at radius 3 is 2.69 bits per heavy atom. The van der Waals surface area contributed by atoms with Gasteiger partial charge >= 0.3 is 6.09 Å². The van der Waals surface area contributed by atoms with Crippen molar-refractivity contribution in [3.63, 3.8) is 0 Å². The largest absolute Gasteiger partial charge is 0.449 e. The van der Waals surface area contributed by atoms with Crippen molar-refractivity contribution in [2.75, 3.05) is 19.8 Å². The van der Waals surface area contributed by atoms with Crippen LogP contribution in [0.1, 0.15) is 37.9 Å². The second kappa shape index (κ2) is 12.3. The number of pyridine rings is 1. The summed E-state index contributed by atoms with van der Waals surface area (Å²) in [5.41, 5.74) is 2.17. The Labute approximate surface area is 189 Å². The molecule has 3 rings (SSSR count). The molecule has 0 radical (unpaired) electrons. The lowest BCUT2D eigenvalue weighted by molar-refractivity contribution is -0.701. The third kappa shape index (κ3) is 7.14. The Balaban J connectivity index is 1.39. The molecule has 32 heavy (non-hydrogen) atoms. The van der Waals surface area contributed by atoms with Crippen molar-refractivity contribution in [2.45, 2.75) is 52.5 Å². The van der Waals surface area contributed by atoms with E-state index >= 15 is 0 Å². The van der Waals surface area contributed by atoms with Gasteiger partial charge in [0.25, 0.3) is 0 Å². The van der Waals surface area contributed by atoms with Crippen molar-refractivity contribution in [1.82, 2.24) is 4.90 Å². The minimum Gasteiger partial charge on any atom is -0.449 e. The van der Waals surface area contributed by atoms with Crippen LogP contribution < -0.4 is 4.57 Å². The summed E-state index contributed by atoms with van der Waals surface area (Å²) in [6.07, 6.45) is 3.59. The quantitative estimate of drug-likeness (QED) is 0.417. The molecular weight excluding hydrogens is 408 g/mol. The van der Waals surface area contributed by atoms with Gasteiger partial charge in [-0.25, -0.2) is 14.3 Å². The summed E-state index contributed by atoms with van der Waals surface area (Å²) in [5.74, 6) is -0.284. The van der Waals surface area contributed by atoms with Crippen LogP contribution in [0.3, 0.4) is 0 Å².